The van der Waals surface area contributed by atoms with Crippen molar-refractivity contribution < 1.29 is 31.1 Å². The van der Waals surface area contributed by atoms with Gasteiger partial charge >= 0.3 is 6.36 Å². The lowest BCUT2D eigenvalue weighted by Crippen LogP contribution is -2.38. The number of hydrogen-bond donors (Lipinski definition) is 1. The quantitative estimate of drug-likeness (QED) is 0.806. The van der Waals surface area contributed by atoms with Crippen molar-refractivity contribution in [2.24, 2.45) is 0 Å². The summed E-state index contributed by atoms with van der Waals surface area (Å²) in [6, 6.07) is 11.6. The maximum atomic E-state index is 12.7. The molecular weight excluding hydrogens is 385 g/mol. The molecule has 0 aliphatic rings. The van der Waals surface area contributed by atoms with Crippen molar-refractivity contribution in [3.63, 3.8) is 0 Å². The Morgan fingerprint density at radius 3 is 2.11 bits per heavy atom. The van der Waals surface area contributed by atoms with Crippen molar-refractivity contribution in [2.45, 2.75) is 12.4 Å². The van der Waals surface area contributed by atoms with Gasteiger partial charge in [0.2, 0.25) is 15.9 Å². The Morgan fingerprint density at radius 1 is 1.07 bits per heavy atom. The van der Waals surface area contributed by atoms with Crippen molar-refractivity contribution in [3.8, 4) is 5.75 Å². The number of anilines is 1. The molecule has 27 heavy (non-hydrogen) atoms. The molecule has 1 atom stereocenters. The molecule has 0 aromatic heterocycles. The number of ether oxygens (including phenoxy) is 1. The molecule has 2 rings (SSSR count). The van der Waals surface area contributed by atoms with Crippen LogP contribution in [-0.2, 0) is 14.8 Å². The first kappa shape index (κ1) is 20.7. The van der Waals surface area contributed by atoms with Crippen LogP contribution in [0.3, 0.4) is 0 Å². The van der Waals surface area contributed by atoms with E-state index >= 15 is 0 Å². The Bertz CT molecular complexity index is 885. The van der Waals surface area contributed by atoms with Gasteiger partial charge in [-0.15, -0.1) is 13.2 Å². The van der Waals surface area contributed by atoms with Gasteiger partial charge in [0.15, 0.2) is 0 Å². The Balaban J connectivity index is 2.23. The van der Waals surface area contributed by atoms with Gasteiger partial charge < -0.3 is 10.1 Å². The van der Waals surface area contributed by atoms with Gasteiger partial charge in [0.05, 0.1) is 6.26 Å². The van der Waals surface area contributed by atoms with Crippen molar-refractivity contribution in [1.29, 1.82) is 0 Å². The van der Waals surface area contributed by atoms with E-state index in [-0.39, 0.29) is 5.69 Å². The zero-order valence-corrected chi connectivity index (χ0v) is 15.2. The number of carbonyl (C=O) groups is 1. The van der Waals surface area contributed by atoms with Crippen molar-refractivity contribution >= 4 is 21.6 Å². The third-order valence-corrected chi connectivity index (χ3v) is 4.86. The summed E-state index contributed by atoms with van der Waals surface area (Å²) in [7, 11) is -2.42. The Labute approximate surface area is 154 Å². The second-order valence-electron chi connectivity index (χ2n) is 5.65. The van der Waals surface area contributed by atoms with E-state index in [9.17, 15) is 26.4 Å². The van der Waals surface area contributed by atoms with E-state index < -0.39 is 34.1 Å². The highest BCUT2D eigenvalue weighted by Gasteiger charge is 2.32. The van der Waals surface area contributed by atoms with E-state index in [0.29, 0.717) is 5.56 Å². The fourth-order valence-electron chi connectivity index (χ4n) is 2.30. The number of halogens is 3. The summed E-state index contributed by atoms with van der Waals surface area (Å²) < 4.78 is 65.1. The van der Waals surface area contributed by atoms with Crippen LogP contribution in [0, 0.1) is 0 Å². The molecule has 0 fully saturated rings. The van der Waals surface area contributed by atoms with Crippen LogP contribution in [0.15, 0.2) is 54.6 Å². The Kier molecular flexibility index (Phi) is 6.11. The van der Waals surface area contributed by atoms with Gasteiger partial charge in [-0.05, 0) is 29.8 Å². The highest BCUT2D eigenvalue weighted by molar-refractivity contribution is 7.88. The number of likely N-dealkylation sites (N-methyl/N-ethyl adjacent to an activating group) is 1. The third kappa shape index (κ3) is 5.97. The highest BCUT2D eigenvalue weighted by Crippen LogP contribution is 2.26. The van der Waals surface area contributed by atoms with Gasteiger partial charge in [0, 0.05) is 12.7 Å². The number of carbonyl (C=O) groups excluding carboxylic acids is 1. The number of sulfonamides is 1. The number of rotatable bonds is 6. The summed E-state index contributed by atoms with van der Waals surface area (Å²) in [5.41, 5.74) is 0.636. The molecule has 6 nitrogen and oxygen atoms in total. The first-order chi connectivity index (χ1) is 12.5. The molecule has 0 saturated heterocycles. The summed E-state index contributed by atoms with van der Waals surface area (Å²) in [5, 5.41) is 2.50. The molecule has 2 aromatic rings. The Morgan fingerprint density at radius 2 is 1.63 bits per heavy atom. The van der Waals surface area contributed by atoms with Gasteiger partial charge in [0.25, 0.3) is 0 Å². The number of nitrogens with one attached hydrogen (secondary N) is 1. The lowest BCUT2D eigenvalue weighted by Gasteiger charge is -2.25. The molecule has 146 valence electrons. The van der Waals surface area contributed by atoms with Crippen LogP contribution >= 0.6 is 0 Å². The first-order valence-corrected chi connectivity index (χ1v) is 9.47. The normalized spacial score (nSPS) is 13.3. The molecule has 0 bridgehead atoms. The Hall–Kier alpha value is -2.59. The van der Waals surface area contributed by atoms with Crippen molar-refractivity contribution in [3.05, 3.63) is 60.2 Å². The maximum Gasteiger partial charge on any atom is 0.573 e. The third-order valence-electron chi connectivity index (χ3n) is 3.61. The van der Waals surface area contributed by atoms with E-state index in [2.05, 4.69) is 10.1 Å². The minimum atomic E-state index is -4.82. The highest BCUT2D eigenvalue weighted by atomic mass is 32.2. The molecule has 0 aliphatic heterocycles. The van der Waals surface area contributed by atoms with Gasteiger partial charge in [-0.25, -0.2) is 8.42 Å². The van der Waals surface area contributed by atoms with E-state index in [4.69, 9.17) is 0 Å². The molecule has 0 aliphatic carbocycles. The summed E-state index contributed by atoms with van der Waals surface area (Å²) >= 11 is 0. The van der Waals surface area contributed by atoms with Gasteiger partial charge in [0.1, 0.15) is 11.8 Å². The molecule has 0 heterocycles. The zero-order valence-electron chi connectivity index (χ0n) is 14.4. The van der Waals surface area contributed by atoms with Crippen LogP contribution in [0.2, 0.25) is 0 Å². The number of nitrogens with zero attached hydrogens (tertiary/aromatic N) is 1. The minimum Gasteiger partial charge on any atom is -0.406 e. The molecule has 0 radical (unpaired) electrons. The lowest BCUT2D eigenvalue weighted by atomic mass is 10.1. The summed E-state index contributed by atoms with van der Waals surface area (Å²) in [6.45, 7) is 0. The van der Waals surface area contributed by atoms with E-state index in [1.54, 1.807) is 30.3 Å². The molecule has 0 saturated carbocycles. The summed E-state index contributed by atoms with van der Waals surface area (Å²) in [4.78, 5) is 12.7. The van der Waals surface area contributed by atoms with Crippen molar-refractivity contribution in [1.82, 2.24) is 4.31 Å². The SMILES string of the molecule is CN([C@@H](C(=O)Nc1ccc(OC(F)(F)F)cc1)c1ccccc1)S(C)(=O)=O. The van der Waals surface area contributed by atoms with Gasteiger partial charge in [-0.3, -0.25) is 4.79 Å². The molecule has 0 spiro atoms. The van der Waals surface area contributed by atoms with E-state index in [1.165, 1.54) is 19.2 Å². The predicted molar refractivity (Wildman–Crippen MR) is 93.5 cm³/mol. The van der Waals surface area contributed by atoms with Crippen LogP contribution in [0.1, 0.15) is 11.6 Å². The maximum absolute atomic E-state index is 12.7. The fraction of sp³-hybridized carbons (Fsp3) is 0.235. The molecular formula is C17H17F3N2O4S. The average molecular weight is 402 g/mol. The number of alkyl halides is 3. The largest absolute Gasteiger partial charge is 0.573 e. The molecule has 2 aromatic carbocycles. The second-order valence-corrected chi connectivity index (χ2v) is 7.70. The molecule has 1 N–H and O–H groups in total. The lowest BCUT2D eigenvalue weighted by molar-refractivity contribution is -0.274. The number of benzene rings is 2. The zero-order chi connectivity index (χ0) is 20.2. The van der Waals surface area contributed by atoms with Crippen LogP contribution in [0.25, 0.3) is 0 Å². The monoisotopic (exact) mass is 402 g/mol. The topological polar surface area (TPSA) is 75.7 Å². The standard InChI is InChI=1S/C17H17F3N2O4S/c1-22(27(2,24)25)15(12-6-4-3-5-7-12)16(23)21-13-8-10-14(11-9-13)26-17(18,19)20/h3-11,15H,1-2H3,(H,21,23)/t15-/m1/s1. The first-order valence-electron chi connectivity index (χ1n) is 7.62. The number of hydrogen-bond acceptors (Lipinski definition) is 4. The van der Waals surface area contributed by atoms with Gasteiger partial charge in [-0.2, -0.15) is 4.31 Å². The van der Waals surface area contributed by atoms with Crippen LogP contribution < -0.4 is 10.1 Å². The fourth-order valence-corrected chi connectivity index (χ4v) is 2.90. The van der Waals surface area contributed by atoms with Crippen LogP contribution in [0.4, 0.5) is 18.9 Å². The van der Waals surface area contributed by atoms with Crippen LogP contribution in [0.5, 0.6) is 5.75 Å². The molecule has 0 unspecified atom stereocenters. The molecule has 10 heteroatoms. The van der Waals surface area contributed by atoms with E-state index in [0.717, 1.165) is 22.7 Å². The summed E-state index contributed by atoms with van der Waals surface area (Å²) in [5.74, 6) is -1.09. The van der Waals surface area contributed by atoms with E-state index in [1.807, 2.05) is 0 Å². The number of amides is 1. The van der Waals surface area contributed by atoms with Crippen LogP contribution in [-0.4, -0.2) is 38.3 Å². The predicted octanol–water partition coefficient (Wildman–Crippen LogP) is 3.16. The summed E-state index contributed by atoms with van der Waals surface area (Å²) in [6.07, 6.45) is -3.85. The minimum absolute atomic E-state index is 0.192. The van der Waals surface area contributed by atoms with Gasteiger partial charge in [-0.1, -0.05) is 30.3 Å². The molecule has 1 amide bonds. The van der Waals surface area contributed by atoms with Crippen molar-refractivity contribution in [2.75, 3.05) is 18.6 Å². The second kappa shape index (κ2) is 7.97. The average Bonchev–Trinajstić information content (AvgIpc) is 2.55. The smallest absolute Gasteiger partial charge is 0.406 e.